The third-order valence-electron chi connectivity index (χ3n) is 2.57. The topological polar surface area (TPSA) is 12.0 Å². The SMILES string of the molecule is CC(F)(F)CC(F)(F)CNC1CCCC1. The van der Waals surface area contributed by atoms with Gasteiger partial charge in [-0.15, -0.1) is 0 Å². The molecule has 90 valence electrons. The van der Waals surface area contributed by atoms with Gasteiger partial charge in [0.2, 0.25) is 0 Å². The molecule has 0 bridgehead atoms. The van der Waals surface area contributed by atoms with Crippen molar-refractivity contribution in [2.45, 2.75) is 56.9 Å². The van der Waals surface area contributed by atoms with E-state index in [1.54, 1.807) is 0 Å². The fourth-order valence-corrected chi connectivity index (χ4v) is 1.94. The number of rotatable bonds is 5. The second kappa shape index (κ2) is 4.68. The summed E-state index contributed by atoms with van der Waals surface area (Å²) < 4.78 is 50.9. The van der Waals surface area contributed by atoms with Gasteiger partial charge in [-0.25, -0.2) is 17.6 Å². The first-order chi connectivity index (χ1) is 6.79. The fourth-order valence-electron chi connectivity index (χ4n) is 1.94. The monoisotopic (exact) mass is 227 g/mol. The van der Waals surface area contributed by atoms with Crippen molar-refractivity contribution in [1.29, 1.82) is 0 Å². The highest BCUT2D eigenvalue weighted by Gasteiger charge is 2.40. The average Bonchev–Trinajstić information content (AvgIpc) is 2.47. The van der Waals surface area contributed by atoms with Gasteiger partial charge in [0.1, 0.15) is 0 Å². The molecule has 1 rings (SSSR count). The molecule has 0 aliphatic heterocycles. The van der Waals surface area contributed by atoms with Gasteiger partial charge in [0.05, 0.1) is 13.0 Å². The van der Waals surface area contributed by atoms with Crippen LogP contribution < -0.4 is 5.32 Å². The highest BCUT2D eigenvalue weighted by molar-refractivity contribution is 4.80. The maximum atomic E-state index is 13.0. The Morgan fingerprint density at radius 2 is 1.67 bits per heavy atom. The summed E-state index contributed by atoms with van der Waals surface area (Å²) in [5.74, 6) is -6.62. The van der Waals surface area contributed by atoms with E-state index in [-0.39, 0.29) is 6.04 Å². The van der Waals surface area contributed by atoms with Gasteiger partial charge in [-0.3, -0.25) is 0 Å². The highest BCUT2D eigenvalue weighted by Crippen LogP contribution is 2.30. The summed E-state index contributed by atoms with van der Waals surface area (Å²) in [4.78, 5) is 0. The van der Waals surface area contributed by atoms with Gasteiger partial charge in [-0.2, -0.15) is 0 Å². The summed E-state index contributed by atoms with van der Waals surface area (Å²) in [7, 11) is 0. The Bertz CT molecular complexity index is 194. The van der Waals surface area contributed by atoms with Crippen molar-refractivity contribution in [3.8, 4) is 0 Å². The minimum absolute atomic E-state index is 0.0846. The summed E-state index contributed by atoms with van der Waals surface area (Å²) in [6.07, 6.45) is 2.44. The molecule has 0 radical (unpaired) electrons. The van der Waals surface area contributed by atoms with Crippen molar-refractivity contribution in [3.63, 3.8) is 0 Å². The van der Waals surface area contributed by atoms with Gasteiger partial charge >= 0.3 is 0 Å². The second-order valence-corrected chi connectivity index (χ2v) is 4.47. The predicted octanol–water partition coefficient (Wildman–Crippen LogP) is 3.20. The van der Waals surface area contributed by atoms with Crippen molar-refractivity contribution in [2.75, 3.05) is 6.54 Å². The van der Waals surface area contributed by atoms with E-state index in [1.807, 2.05) is 0 Å². The van der Waals surface area contributed by atoms with Crippen molar-refractivity contribution in [1.82, 2.24) is 5.32 Å². The predicted molar refractivity (Wildman–Crippen MR) is 50.4 cm³/mol. The van der Waals surface area contributed by atoms with Crippen molar-refractivity contribution < 1.29 is 17.6 Å². The van der Waals surface area contributed by atoms with Gasteiger partial charge in [0.15, 0.2) is 0 Å². The largest absolute Gasteiger partial charge is 0.308 e. The van der Waals surface area contributed by atoms with Crippen LogP contribution in [0.4, 0.5) is 17.6 Å². The van der Waals surface area contributed by atoms with Crippen molar-refractivity contribution >= 4 is 0 Å². The van der Waals surface area contributed by atoms with E-state index in [0.29, 0.717) is 6.92 Å². The molecule has 1 nitrogen and oxygen atoms in total. The zero-order valence-electron chi connectivity index (χ0n) is 8.83. The molecule has 15 heavy (non-hydrogen) atoms. The summed E-state index contributed by atoms with van der Waals surface area (Å²) in [6.45, 7) is -0.114. The van der Waals surface area contributed by atoms with Crippen LogP contribution in [0.3, 0.4) is 0 Å². The molecular weight excluding hydrogens is 210 g/mol. The second-order valence-electron chi connectivity index (χ2n) is 4.47. The molecule has 5 heteroatoms. The zero-order valence-corrected chi connectivity index (χ0v) is 8.83. The summed E-state index contributed by atoms with van der Waals surface area (Å²) >= 11 is 0. The first-order valence-corrected chi connectivity index (χ1v) is 5.28. The van der Waals surface area contributed by atoms with E-state index in [1.165, 1.54) is 0 Å². The quantitative estimate of drug-likeness (QED) is 0.711. The van der Waals surface area contributed by atoms with Crippen molar-refractivity contribution in [2.24, 2.45) is 0 Å². The van der Waals surface area contributed by atoms with E-state index in [4.69, 9.17) is 0 Å². The van der Waals surface area contributed by atoms with Gasteiger partial charge < -0.3 is 5.32 Å². The zero-order chi connectivity index (χ0) is 11.5. The lowest BCUT2D eigenvalue weighted by atomic mass is 10.1. The molecule has 0 heterocycles. The van der Waals surface area contributed by atoms with Crippen LogP contribution >= 0.6 is 0 Å². The Hall–Kier alpha value is -0.320. The fraction of sp³-hybridized carbons (Fsp3) is 1.00. The maximum Gasteiger partial charge on any atom is 0.266 e. The van der Waals surface area contributed by atoms with Crippen LogP contribution in [0, 0.1) is 0 Å². The smallest absolute Gasteiger partial charge is 0.266 e. The molecule has 0 aromatic heterocycles. The van der Waals surface area contributed by atoms with Crippen molar-refractivity contribution in [3.05, 3.63) is 0 Å². The Balaban J connectivity index is 2.28. The maximum absolute atomic E-state index is 13.0. The Kier molecular flexibility index (Phi) is 3.98. The van der Waals surface area contributed by atoms with Crippen LogP contribution in [-0.2, 0) is 0 Å². The molecule has 0 saturated heterocycles. The lowest BCUT2D eigenvalue weighted by molar-refractivity contribution is -0.0993. The summed E-state index contributed by atoms with van der Waals surface area (Å²) in [5, 5.41) is 2.66. The van der Waals surface area contributed by atoms with Crippen LogP contribution in [0.1, 0.15) is 39.0 Å². The van der Waals surface area contributed by atoms with Crippen LogP contribution in [0.2, 0.25) is 0 Å². The van der Waals surface area contributed by atoms with E-state index >= 15 is 0 Å². The first kappa shape index (κ1) is 12.7. The minimum atomic E-state index is -3.32. The van der Waals surface area contributed by atoms with E-state index in [0.717, 1.165) is 25.7 Å². The molecule has 1 aliphatic rings. The number of nitrogens with one attached hydrogen (secondary N) is 1. The third kappa shape index (κ3) is 5.35. The molecule has 0 aromatic rings. The summed E-state index contributed by atoms with van der Waals surface area (Å²) in [5.41, 5.74) is 0. The van der Waals surface area contributed by atoms with E-state index in [9.17, 15) is 17.6 Å². The van der Waals surface area contributed by atoms with Crippen LogP contribution in [0.25, 0.3) is 0 Å². The molecule has 0 amide bonds. The Morgan fingerprint density at radius 1 is 1.13 bits per heavy atom. The molecule has 1 fully saturated rings. The van der Waals surface area contributed by atoms with Crippen LogP contribution in [-0.4, -0.2) is 24.4 Å². The molecule has 0 atom stereocenters. The van der Waals surface area contributed by atoms with Gasteiger partial charge in [-0.1, -0.05) is 12.8 Å². The molecule has 1 N–H and O–H groups in total. The molecule has 0 unspecified atom stereocenters. The highest BCUT2D eigenvalue weighted by atomic mass is 19.3. The standard InChI is InChI=1S/C10H17F4N/c1-9(11,12)6-10(13,14)7-15-8-4-2-3-5-8/h8,15H,2-7H2,1H3. The van der Waals surface area contributed by atoms with E-state index in [2.05, 4.69) is 5.32 Å². The lowest BCUT2D eigenvalue weighted by Gasteiger charge is -2.22. The van der Waals surface area contributed by atoms with E-state index < -0.39 is 24.8 Å². The average molecular weight is 227 g/mol. The van der Waals surface area contributed by atoms with Gasteiger partial charge in [0, 0.05) is 6.04 Å². The molecule has 1 aliphatic carbocycles. The normalized spacial score (nSPS) is 19.8. The van der Waals surface area contributed by atoms with Crippen LogP contribution in [0.5, 0.6) is 0 Å². The number of hydrogen-bond donors (Lipinski definition) is 1. The molecule has 1 saturated carbocycles. The number of halogens is 4. The number of alkyl halides is 4. The molecular formula is C10H17F4N. The van der Waals surface area contributed by atoms with Crippen LogP contribution in [0.15, 0.2) is 0 Å². The Morgan fingerprint density at radius 3 is 2.13 bits per heavy atom. The minimum Gasteiger partial charge on any atom is -0.308 e. The third-order valence-corrected chi connectivity index (χ3v) is 2.57. The number of hydrogen-bond acceptors (Lipinski definition) is 1. The molecule has 0 spiro atoms. The lowest BCUT2D eigenvalue weighted by Crippen LogP contribution is -2.40. The Labute approximate surface area is 87.2 Å². The molecule has 0 aromatic carbocycles. The van der Waals surface area contributed by atoms with Gasteiger partial charge in [0.25, 0.3) is 11.8 Å². The van der Waals surface area contributed by atoms with Gasteiger partial charge in [-0.05, 0) is 19.8 Å². The summed E-state index contributed by atoms with van der Waals surface area (Å²) in [6, 6.07) is 0.0846. The first-order valence-electron chi connectivity index (χ1n) is 5.28.